The van der Waals surface area contributed by atoms with Gasteiger partial charge < -0.3 is 5.73 Å². The highest BCUT2D eigenvalue weighted by Gasteiger charge is 2.38. The molecule has 2 N–H and O–H groups in total. The molecule has 3 unspecified atom stereocenters. The Morgan fingerprint density at radius 2 is 2.11 bits per heavy atom. The van der Waals surface area contributed by atoms with Crippen molar-refractivity contribution >= 4 is 0 Å². The fourth-order valence-electron chi connectivity index (χ4n) is 3.75. The molecule has 3 rings (SSSR count). The first kappa shape index (κ1) is 12.2. The average molecular weight is 248 g/mol. The molecule has 1 aliphatic carbocycles. The predicted octanol–water partition coefficient (Wildman–Crippen LogP) is 1.63. The van der Waals surface area contributed by atoms with Crippen LogP contribution in [0.2, 0.25) is 0 Å². The van der Waals surface area contributed by atoms with Crippen LogP contribution in [-0.2, 0) is 6.54 Å². The second kappa shape index (κ2) is 5.02. The van der Waals surface area contributed by atoms with Crippen molar-refractivity contribution in [1.82, 2.24) is 14.7 Å². The number of hydrogen-bond donors (Lipinski definition) is 1. The molecule has 2 fully saturated rings. The molecular formula is C14H24N4. The molecule has 4 nitrogen and oxygen atoms in total. The lowest BCUT2D eigenvalue weighted by molar-refractivity contribution is 0.231. The van der Waals surface area contributed by atoms with Gasteiger partial charge in [0, 0.05) is 37.9 Å². The molecule has 1 aromatic heterocycles. The van der Waals surface area contributed by atoms with E-state index in [1.807, 2.05) is 10.9 Å². The molecular weight excluding hydrogens is 224 g/mol. The van der Waals surface area contributed by atoms with Gasteiger partial charge >= 0.3 is 0 Å². The normalized spacial score (nSPS) is 29.7. The summed E-state index contributed by atoms with van der Waals surface area (Å²) in [6, 6.07) is 0.371. The number of hydrogen-bond acceptors (Lipinski definition) is 3. The highest BCUT2D eigenvalue weighted by atomic mass is 15.3. The van der Waals surface area contributed by atoms with Gasteiger partial charge in [-0.15, -0.1) is 0 Å². The van der Waals surface area contributed by atoms with Crippen molar-refractivity contribution in [3.05, 3.63) is 18.0 Å². The van der Waals surface area contributed by atoms with Crippen molar-refractivity contribution in [3.63, 3.8) is 0 Å². The van der Waals surface area contributed by atoms with E-state index in [0.29, 0.717) is 12.6 Å². The van der Waals surface area contributed by atoms with Gasteiger partial charge in [0.05, 0.1) is 12.2 Å². The monoisotopic (exact) mass is 248 g/mol. The number of likely N-dealkylation sites (tertiary alicyclic amines) is 1. The van der Waals surface area contributed by atoms with E-state index in [9.17, 15) is 0 Å². The second-order valence-corrected chi connectivity index (χ2v) is 5.79. The minimum absolute atomic E-state index is 0.371. The lowest BCUT2D eigenvalue weighted by Crippen LogP contribution is -2.32. The van der Waals surface area contributed by atoms with Crippen LogP contribution in [0.3, 0.4) is 0 Å². The molecule has 1 aliphatic heterocycles. The Kier molecular flexibility index (Phi) is 3.39. The van der Waals surface area contributed by atoms with Gasteiger partial charge in [0.15, 0.2) is 0 Å². The van der Waals surface area contributed by atoms with Crippen molar-refractivity contribution < 1.29 is 0 Å². The first-order chi connectivity index (χ1) is 8.81. The van der Waals surface area contributed by atoms with E-state index in [0.717, 1.165) is 18.4 Å². The number of aryl methyl sites for hydroxylation is 1. The number of nitrogens with two attached hydrogens (primary N) is 1. The van der Waals surface area contributed by atoms with E-state index in [2.05, 4.69) is 23.1 Å². The highest BCUT2D eigenvalue weighted by Crippen LogP contribution is 2.40. The van der Waals surface area contributed by atoms with Crippen LogP contribution in [0, 0.1) is 11.8 Å². The molecule has 1 saturated heterocycles. The van der Waals surface area contributed by atoms with Gasteiger partial charge in [-0.25, -0.2) is 0 Å². The summed E-state index contributed by atoms with van der Waals surface area (Å²) in [7, 11) is 0. The standard InChI is InChI=1S/C14H24N4/c1-2-18-10-13(7-16-18)14(6-15)17-8-11-4-3-5-12(11)9-17/h7,10-12,14H,2-6,8-9,15H2,1H3. The van der Waals surface area contributed by atoms with Crippen molar-refractivity contribution in [3.8, 4) is 0 Å². The van der Waals surface area contributed by atoms with Gasteiger partial charge in [0.25, 0.3) is 0 Å². The summed E-state index contributed by atoms with van der Waals surface area (Å²) in [5.41, 5.74) is 7.30. The van der Waals surface area contributed by atoms with E-state index < -0.39 is 0 Å². The van der Waals surface area contributed by atoms with Gasteiger partial charge in [-0.1, -0.05) is 6.42 Å². The van der Waals surface area contributed by atoms with Crippen LogP contribution in [0.25, 0.3) is 0 Å². The molecule has 18 heavy (non-hydrogen) atoms. The summed E-state index contributed by atoms with van der Waals surface area (Å²) in [4.78, 5) is 2.59. The molecule has 0 spiro atoms. The maximum Gasteiger partial charge on any atom is 0.0538 e. The summed E-state index contributed by atoms with van der Waals surface area (Å²) >= 11 is 0. The Labute approximate surface area is 109 Å². The van der Waals surface area contributed by atoms with Crippen LogP contribution in [0.15, 0.2) is 12.4 Å². The van der Waals surface area contributed by atoms with Crippen LogP contribution in [-0.4, -0.2) is 34.3 Å². The van der Waals surface area contributed by atoms with E-state index in [4.69, 9.17) is 5.73 Å². The minimum atomic E-state index is 0.371. The number of fused-ring (bicyclic) bond motifs is 1. The predicted molar refractivity (Wildman–Crippen MR) is 72.1 cm³/mol. The van der Waals surface area contributed by atoms with Crippen molar-refractivity contribution in [1.29, 1.82) is 0 Å². The Morgan fingerprint density at radius 1 is 1.39 bits per heavy atom. The molecule has 100 valence electrons. The second-order valence-electron chi connectivity index (χ2n) is 5.79. The van der Waals surface area contributed by atoms with Crippen LogP contribution < -0.4 is 5.73 Å². The zero-order valence-corrected chi connectivity index (χ0v) is 11.3. The molecule has 0 bridgehead atoms. The largest absolute Gasteiger partial charge is 0.329 e. The zero-order chi connectivity index (χ0) is 12.5. The molecule has 0 amide bonds. The van der Waals surface area contributed by atoms with Gasteiger partial charge in [-0.3, -0.25) is 9.58 Å². The van der Waals surface area contributed by atoms with E-state index in [1.165, 1.54) is 37.9 Å². The Hall–Kier alpha value is -0.870. The van der Waals surface area contributed by atoms with Gasteiger partial charge in [-0.2, -0.15) is 5.10 Å². The van der Waals surface area contributed by atoms with Crippen molar-refractivity contribution in [2.24, 2.45) is 17.6 Å². The fourth-order valence-corrected chi connectivity index (χ4v) is 3.75. The van der Waals surface area contributed by atoms with Gasteiger partial charge in [-0.05, 0) is 31.6 Å². The molecule has 2 aliphatic rings. The van der Waals surface area contributed by atoms with E-state index >= 15 is 0 Å². The first-order valence-corrected chi connectivity index (χ1v) is 7.28. The highest BCUT2D eigenvalue weighted by molar-refractivity contribution is 5.12. The molecule has 1 aromatic rings. The maximum atomic E-state index is 6.01. The Bertz CT molecular complexity index is 388. The third-order valence-corrected chi connectivity index (χ3v) is 4.78. The quantitative estimate of drug-likeness (QED) is 0.881. The van der Waals surface area contributed by atoms with Crippen LogP contribution >= 0.6 is 0 Å². The number of rotatable bonds is 4. The molecule has 3 atom stereocenters. The molecule has 0 aromatic carbocycles. The SMILES string of the molecule is CCn1cc(C(CN)N2CC3CCCC3C2)cn1. The minimum Gasteiger partial charge on any atom is -0.329 e. The van der Waals surface area contributed by atoms with Crippen molar-refractivity contribution in [2.75, 3.05) is 19.6 Å². The smallest absolute Gasteiger partial charge is 0.0538 e. The van der Waals surface area contributed by atoms with Crippen LogP contribution in [0.5, 0.6) is 0 Å². The van der Waals surface area contributed by atoms with Crippen LogP contribution in [0.4, 0.5) is 0 Å². The average Bonchev–Trinajstić information content (AvgIpc) is 3.04. The summed E-state index contributed by atoms with van der Waals surface area (Å²) in [6.07, 6.45) is 8.43. The summed E-state index contributed by atoms with van der Waals surface area (Å²) in [5.74, 6) is 1.86. The molecule has 4 heteroatoms. The molecule has 0 radical (unpaired) electrons. The number of aromatic nitrogens is 2. The van der Waals surface area contributed by atoms with E-state index in [1.54, 1.807) is 0 Å². The first-order valence-electron chi connectivity index (χ1n) is 7.28. The third kappa shape index (κ3) is 2.08. The van der Waals surface area contributed by atoms with Crippen LogP contribution in [0.1, 0.15) is 37.8 Å². The molecule has 1 saturated carbocycles. The number of nitrogens with zero attached hydrogens (tertiary/aromatic N) is 3. The van der Waals surface area contributed by atoms with Gasteiger partial charge in [0.2, 0.25) is 0 Å². The lowest BCUT2D eigenvalue weighted by Gasteiger charge is -2.26. The van der Waals surface area contributed by atoms with E-state index in [-0.39, 0.29) is 0 Å². The zero-order valence-electron chi connectivity index (χ0n) is 11.3. The maximum absolute atomic E-state index is 6.01. The Balaban J connectivity index is 1.72. The van der Waals surface area contributed by atoms with Gasteiger partial charge in [0.1, 0.15) is 0 Å². The lowest BCUT2D eigenvalue weighted by atomic mass is 10.0. The topological polar surface area (TPSA) is 47.1 Å². The molecule has 2 heterocycles. The third-order valence-electron chi connectivity index (χ3n) is 4.78. The summed E-state index contributed by atoms with van der Waals surface area (Å²) in [6.45, 7) is 6.24. The summed E-state index contributed by atoms with van der Waals surface area (Å²) in [5, 5.41) is 4.38. The fraction of sp³-hybridized carbons (Fsp3) is 0.786. The Morgan fingerprint density at radius 3 is 2.67 bits per heavy atom. The van der Waals surface area contributed by atoms with Crippen molar-refractivity contribution in [2.45, 2.75) is 38.8 Å². The summed E-state index contributed by atoms with van der Waals surface area (Å²) < 4.78 is 1.99.